The number of nitrogens with zero attached hydrogens (tertiary/aromatic N) is 11. The molecule has 4 aliphatic rings. The average Bonchev–Trinajstić information content (AvgIpc) is 3.75. The van der Waals surface area contributed by atoms with Crippen LogP contribution in [0.3, 0.4) is 0 Å². The second-order valence-corrected chi connectivity index (χ2v) is 18.7. The first-order valence-electron chi connectivity index (χ1n) is 23.7. The fourth-order valence-corrected chi connectivity index (χ4v) is 10.6. The first-order valence-corrected chi connectivity index (χ1v) is 24.0. The van der Waals surface area contributed by atoms with Gasteiger partial charge in [-0.15, -0.1) is 5.10 Å². The van der Waals surface area contributed by atoms with Crippen LogP contribution in [0.1, 0.15) is 35.2 Å². The average molecular weight is 941 g/mol. The number of fused-ring (bicyclic) bond motifs is 2. The number of piperidine rings is 1. The van der Waals surface area contributed by atoms with E-state index in [4.69, 9.17) is 26.3 Å². The number of hydrogen-bond acceptors (Lipinski definition) is 14. The molecule has 3 fully saturated rings. The summed E-state index contributed by atoms with van der Waals surface area (Å²) in [6, 6.07) is 23.9. The van der Waals surface area contributed by atoms with Gasteiger partial charge in [0, 0.05) is 101 Å². The maximum absolute atomic E-state index is 12.4. The molecule has 1 amide bonds. The maximum atomic E-state index is 12.4. The number of carbonyl (C=O) groups is 1. The van der Waals surface area contributed by atoms with Gasteiger partial charge in [0.25, 0.3) is 0 Å². The molecule has 0 radical (unpaired) electrons. The lowest BCUT2D eigenvalue weighted by molar-refractivity contribution is -0.126. The molecule has 10 rings (SSSR count). The smallest absolute Gasteiger partial charge is 0.319 e. The van der Waals surface area contributed by atoms with Crippen molar-refractivity contribution in [2.75, 3.05) is 94.9 Å². The van der Waals surface area contributed by atoms with Crippen LogP contribution in [-0.2, 0) is 24.3 Å². The lowest BCUT2D eigenvalue weighted by Crippen LogP contribution is -2.53. The lowest BCUT2D eigenvalue weighted by Gasteiger charge is -2.42. The summed E-state index contributed by atoms with van der Waals surface area (Å²) < 4.78 is 7.91. The van der Waals surface area contributed by atoms with Gasteiger partial charge in [-0.2, -0.15) is 9.97 Å². The van der Waals surface area contributed by atoms with Gasteiger partial charge in [-0.25, -0.2) is 4.57 Å². The molecule has 0 unspecified atom stereocenters. The van der Waals surface area contributed by atoms with Crippen LogP contribution >= 0.6 is 11.6 Å². The quantitative estimate of drug-likeness (QED) is 0.122. The predicted octanol–water partition coefficient (Wildman–Crippen LogP) is 6.01. The molecule has 3 N–H and O–H groups in total. The number of aryl methyl sites for hydroxylation is 1. The van der Waals surface area contributed by atoms with Gasteiger partial charge in [0.1, 0.15) is 23.9 Å². The van der Waals surface area contributed by atoms with Gasteiger partial charge in [-0.1, -0.05) is 59.7 Å². The minimum absolute atomic E-state index is 0.0202. The molecule has 354 valence electrons. The van der Waals surface area contributed by atoms with Crippen LogP contribution in [-0.4, -0.2) is 157 Å². The van der Waals surface area contributed by atoms with Crippen molar-refractivity contribution in [3.63, 3.8) is 0 Å². The van der Waals surface area contributed by atoms with E-state index in [9.17, 15) is 20.1 Å². The molecule has 17 heteroatoms. The van der Waals surface area contributed by atoms with E-state index in [1.807, 2.05) is 29.2 Å². The fraction of sp³-hybridized carbons (Fsp3) is 0.392. The molecule has 0 saturated carbocycles. The monoisotopic (exact) mass is 939 g/mol. The number of ether oxygens (including phenoxy) is 1. The van der Waals surface area contributed by atoms with Crippen LogP contribution in [0.5, 0.6) is 23.5 Å². The lowest BCUT2D eigenvalue weighted by atomic mass is 10.0. The number of amides is 1. The topological polar surface area (TPSA) is 163 Å². The zero-order valence-electron chi connectivity index (χ0n) is 38.5. The summed E-state index contributed by atoms with van der Waals surface area (Å²) in [5.74, 6) is 0.983. The molecule has 3 saturated heterocycles. The Labute approximate surface area is 401 Å². The zero-order chi connectivity index (χ0) is 46.9. The number of piperazine rings is 2. The number of anilines is 2. The molecule has 4 aliphatic heterocycles. The van der Waals surface area contributed by atoms with Crippen molar-refractivity contribution >= 4 is 39.8 Å². The van der Waals surface area contributed by atoms with Crippen molar-refractivity contribution in [1.82, 2.24) is 44.3 Å². The number of rotatable bonds is 12. The summed E-state index contributed by atoms with van der Waals surface area (Å²) in [4.78, 5) is 36.7. The number of phenols is 2. The van der Waals surface area contributed by atoms with Gasteiger partial charge in [-0.3, -0.25) is 19.5 Å². The molecule has 0 spiro atoms. The molecule has 4 aromatic carbocycles. The minimum atomic E-state index is -0.286. The zero-order valence-corrected chi connectivity index (χ0v) is 39.2. The van der Waals surface area contributed by atoms with E-state index in [-0.39, 0.29) is 29.2 Å². The number of halogens is 1. The highest BCUT2D eigenvalue weighted by molar-refractivity contribution is 6.36. The van der Waals surface area contributed by atoms with Crippen molar-refractivity contribution in [1.29, 1.82) is 0 Å². The Morgan fingerprint density at radius 3 is 2.32 bits per heavy atom. The van der Waals surface area contributed by atoms with E-state index in [0.29, 0.717) is 68.2 Å². The highest BCUT2D eigenvalue weighted by Gasteiger charge is 2.31. The van der Waals surface area contributed by atoms with Crippen molar-refractivity contribution < 1.29 is 24.9 Å². The summed E-state index contributed by atoms with van der Waals surface area (Å²) in [6.45, 7) is 17.6. The Kier molecular flexibility index (Phi) is 13.1. The number of carbonyl (C=O) groups excluding carboxylic acids is 1. The van der Waals surface area contributed by atoms with Crippen LogP contribution in [0.15, 0.2) is 85.5 Å². The summed E-state index contributed by atoms with van der Waals surface area (Å²) >= 11 is 6.78. The Hall–Kier alpha value is -6.46. The molecule has 16 nitrogen and oxygen atoms in total. The first kappa shape index (κ1) is 45.3. The van der Waals surface area contributed by atoms with Gasteiger partial charge in [0.15, 0.2) is 5.82 Å². The summed E-state index contributed by atoms with van der Waals surface area (Å²) in [5, 5.41) is 42.0. The van der Waals surface area contributed by atoms with E-state index >= 15 is 0 Å². The van der Waals surface area contributed by atoms with Crippen LogP contribution in [0.25, 0.3) is 27.8 Å². The Morgan fingerprint density at radius 2 is 1.57 bits per heavy atom. The molecule has 2 aromatic heterocycles. The summed E-state index contributed by atoms with van der Waals surface area (Å²) in [7, 11) is 0. The Morgan fingerprint density at radius 1 is 0.824 bits per heavy atom. The van der Waals surface area contributed by atoms with E-state index in [2.05, 4.69) is 77.7 Å². The number of likely N-dealkylation sites (tertiary alicyclic amines) is 1. The number of benzene rings is 4. The van der Waals surface area contributed by atoms with Crippen LogP contribution in [0.4, 0.5) is 11.5 Å². The van der Waals surface area contributed by atoms with Crippen molar-refractivity contribution in [3.05, 3.63) is 113 Å². The number of hydrogen-bond donors (Lipinski definition) is 3. The number of phenolic OH excluding ortho intramolecular Hbond substituents is 2. The van der Waals surface area contributed by atoms with Crippen LogP contribution in [0, 0.1) is 6.92 Å². The normalized spacial score (nSPS) is 17.7. The third-order valence-corrected chi connectivity index (χ3v) is 14.5. The van der Waals surface area contributed by atoms with Gasteiger partial charge in [0.05, 0.1) is 28.5 Å². The maximum Gasteiger partial charge on any atom is 0.319 e. The Balaban J connectivity index is 0.724. The molecular weight excluding hydrogens is 882 g/mol. The highest BCUT2D eigenvalue weighted by Crippen LogP contribution is 2.38. The largest absolute Gasteiger partial charge is 0.508 e. The van der Waals surface area contributed by atoms with Gasteiger partial charge in [-0.05, 0) is 92.2 Å². The predicted molar refractivity (Wildman–Crippen MR) is 263 cm³/mol. The third-order valence-electron chi connectivity index (χ3n) is 14.2. The standard InChI is InChI=1S/C51H58ClN11O5/c1-3-46(66)60-24-26-61(27-25-60)48-39-16-19-62(43-9-5-7-36-6-4-8-41(52)47(36)43)33-42(39)53-50(54-48)68-29-28-57-17-14-37(15-18-57)59-22-20-58(21-23-59)32-35-10-12-38(13-11-35)63-49(55-56-51(63)67)40-30-34(2)44(64)31-45(40)65/h3-13,30-31,37,64-65H,1,14-29,32-33H2,2H3,(H,56,67). The summed E-state index contributed by atoms with van der Waals surface area (Å²) in [6.07, 6.45) is 4.41. The van der Waals surface area contributed by atoms with E-state index in [1.54, 1.807) is 13.0 Å². The van der Waals surface area contributed by atoms with E-state index in [0.717, 1.165) is 117 Å². The first-order chi connectivity index (χ1) is 33.1. The molecule has 68 heavy (non-hydrogen) atoms. The minimum Gasteiger partial charge on any atom is -0.508 e. The summed E-state index contributed by atoms with van der Waals surface area (Å²) in [5.41, 5.74) is 5.98. The molecule has 6 heterocycles. The van der Waals surface area contributed by atoms with Crippen molar-refractivity contribution in [2.24, 2.45) is 0 Å². The fourth-order valence-electron chi connectivity index (χ4n) is 10.3. The third kappa shape index (κ3) is 9.37. The second-order valence-electron chi connectivity index (χ2n) is 18.3. The number of aromatic hydroxyl groups is 3. The Bertz CT molecular complexity index is 2790. The van der Waals surface area contributed by atoms with E-state index in [1.165, 1.54) is 22.3 Å². The molecular formula is C51H58ClN11O5. The van der Waals surface area contributed by atoms with Crippen molar-refractivity contribution in [3.8, 4) is 40.6 Å². The number of aromatic nitrogens is 5. The van der Waals surface area contributed by atoms with Gasteiger partial charge in [0.2, 0.25) is 5.91 Å². The molecule has 0 atom stereocenters. The van der Waals surface area contributed by atoms with Gasteiger partial charge >= 0.3 is 12.0 Å². The molecule has 0 bridgehead atoms. The SMILES string of the molecule is C=CC(=O)N1CCN(c2nc(OCCN3CCC(N4CCN(Cc5ccc(-n6c(O)nnc6-c6cc(C)c(O)cc6O)cc5)CC4)CC3)nc3c2CCN(c2cccc4cccc(Cl)c24)C3)CC1. The van der Waals surface area contributed by atoms with Crippen LogP contribution in [0.2, 0.25) is 5.02 Å². The van der Waals surface area contributed by atoms with Crippen molar-refractivity contribution in [2.45, 2.75) is 45.3 Å². The highest BCUT2D eigenvalue weighted by atomic mass is 35.5. The van der Waals surface area contributed by atoms with E-state index < -0.39 is 0 Å². The molecule has 0 aliphatic carbocycles. The second kappa shape index (κ2) is 19.6. The van der Waals surface area contributed by atoms with Crippen LogP contribution < -0.4 is 14.5 Å². The molecule has 6 aromatic rings. The van der Waals surface area contributed by atoms with Gasteiger partial charge < -0.3 is 34.8 Å².